The Labute approximate surface area is 150 Å². The van der Waals surface area contributed by atoms with Crippen molar-refractivity contribution in [3.8, 4) is 22.8 Å². The molecule has 2 aliphatic rings. The van der Waals surface area contributed by atoms with Crippen LogP contribution in [0.4, 0.5) is 0 Å². The second-order valence-corrected chi connectivity index (χ2v) is 6.74. The first kappa shape index (κ1) is 16.6. The van der Waals surface area contributed by atoms with Gasteiger partial charge in [0.05, 0.1) is 5.69 Å². The first-order chi connectivity index (χ1) is 12.6. The van der Waals surface area contributed by atoms with E-state index in [0.29, 0.717) is 17.2 Å². The summed E-state index contributed by atoms with van der Waals surface area (Å²) in [6, 6.07) is 8.11. The van der Waals surface area contributed by atoms with Gasteiger partial charge in [0.15, 0.2) is 11.5 Å². The molecule has 1 aliphatic carbocycles. The minimum atomic E-state index is -0.669. The fourth-order valence-electron chi connectivity index (χ4n) is 3.42. The number of carbonyl (C=O) groups is 1. The molecule has 0 saturated heterocycles. The third-order valence-electron chi connectivity index (χ3n) is 4.94. The van der Waals surface area contributed by atoms with Crippen molar-refractivity contribution >= 4 is 5.91 Å². The molecule has 1 aliphatic heterocycles. The van der Waals surface area contributed by atoms with Gasteiger partial charge in [0, 0.05) is 17.7 Å². The van der Waals surface area contributed by atoms with Gasteiger partial charge in [-0.2, -0.15) is 5.10 Å². The van der Waals surface area contributed by atoms with E-state index in [1.165, 1.54) is 10.7 Å². The summed E-state index contributed by atoms with van der Waals surface area (Å²) in [5.41, 5.74) is 1.10. The summed E-state index contributed by atoms with van der Waals surface area (Å²) < 4.78 is 11.9. The molecule has 1 saturated carbocycles. The van der Waals surface area contributed by atoms with Crippen LogP contribution in [-0.2, 0) is 4.79 Å². The van der Waals surface area contributed by atoms with Crippen molar-refractivity contribution in [1.82, 2.24) is 15.1 Å². The average Bonchev–Trinajstić information content (AvgIpc) is 3.32. The van der Waals surface area contributed by atoms with Gasteiger partial charge >= 0.3 is 0 Å². The molecule has 26 heavy (non-hydrogen) atoms. The SMILES string of the molecule is CC(C(=O)NC1CCCC1)n1nc(-c2ccc3c(c2)OCO3)ccc1=O. The minimum absolute atomic E-state index is 0.172. The number of carbonyl (C=O) groups excluding carboxylic acids is 1. The van der Waals surface area contributed by atoms with Crippen molar-refractivity contribution in [1.29, 1.82) is 0 Å². The highest BCUT2D eigenvalue weighted by Gasteiger charge is 2.23. The Kier molecular flexibility index (Phi) is 4.36. The molecule has 0 radical (unpaired) electrons. The van der Waals surface area contributed by atoms with Crippen molar-refractivity contribution in [2.45, 2.75) is 44.7 Å². The molecule has 1 aromatic carbocycles. The topological polar surface area (TPSA) is 82.5 Å². The average molecular weight is 355 g/mol. The molecular formula is C19H21N3O4. The first-order valence-electron chi connectivity index (χ1n) is 8.92. The lowest BCUT2D eigenvalue weighted by molar-refractivity contribution is -0.124. The van der Waals surface area contributed by atoms with E-state index in [9.17, 15) is 9.59 Å². The molecule has 1 amide bonds. The summed E-state index contributed by atoms with van der Waals surface area (Å²) in [7, 11) is 0. The van der Waals surface area contributed by atoms with Crippen LogP contribution in [0.25, 0.3) is 11.3 Å². The van der Waals surface area contributed by atoms with Crippen LogP contribution in [0.2, 0.25) is 0 Å². The number of fused-ring (bicyclic) bond motifs is 1. The summed E-state index contributed by atoms with van der Waals surface area (Å²) in [6.07, 6.45) is 4.27. The van der Waals surface area contributed by atoms with Gasteiger partial charge in [-0.1, -0.05) is 12.8 Å². The van der Waals surface area contributed by atoms with Crippen LogP contribution in [0.15, 0.2) is 35.1 Å². The van der Waals surface area contributed by atoms with Crippen molar-refractivity contribution in [3.05, 3.63) is 40.7 Å². The van der Waals surface area contributed by atoms with E-state index < -0.39 is 6.04 Å². The van der Waals surface area contributed by atoms with E-state index in [0.717, 1.165) is 31.2 Å². The number of hydrogen-bond acceptors (Lipinski definition) is 5. The first-order valence-corrected chi connectivity index (χ1v) is 8.92. The molecule has 0 bridgehead atoms. The Balaban J connectivity index is 1.59. The lowest BCUT2D eigenvalue weighted by atomic mass is 10.1. The predicted molar refractivity (Wildman–Crippen MR) is 95.2 cm³/mol. The highest BCUT2D eigenvalue weighted by molar-refractivity contribution is 5.80. The Morgan fingerprint density at radius 2 is 1.96 bits per heavy atom. The highest BCUT2D eigenvalue weighted by Crippen LogP contribution is 2.35. The van der Waals surface area contributed by atoms with E-state index in [4.69, 9.17) is 9.47 Å². The number of nitrogens with zero attached hydrogens (tertiary/aromatic N) is 2. The van der Waals surface area contributed by atoms with E-state index >= 15 is 0 Å². The number of aromatic nitrogens is 2. The zero-order chi connectivity index (χ0) is 18.1. The molecule has 7 nitrogen and oxygen atoms in total. The maximum absolute atomic E-state index is 12.5. The molecule has 4 rings (SSSR count). The molecule has 1 unspecified atom stereocenters. The molecule has 1 atom stereocenters. The van der Waals surface area contributed by atoms with Crippen LogP contribution in [0.3, 0.4) is 0 Å². The van der Waals surface area contributed by atoms with Crippen molar-refractivity contribution in [2.75, 3.05) is 6.79 Å². The zero-order valence-corrected chi connectivity index (χ0v) is 14.6. The summed E-state index contributed by atoms with van der Waals surface area (Å²) in [5.74, 6) is 1.16. The van der Waals surface area contributed by atoms with Crippen LogP contribution in [0.1, 0.15) is 38.6 Å². The molecule has 136 valence electrons. The lowest BCUT2D eigenvalue weighted by Crippen LogP contribution is -2.40. The van der Waals surface area contributed by atoms with Crippen LogP contribution in [0, 0.1) is 0 Å². The molecule has 1 fully saturated rings. The number of rotatable bonds is 4. The molecular weight excluding hydrogens is 334 g/mol. The van der Waals surface area contributed by atoms with Crippen LogP contribution < -0.4 is 20.3 Å². The number of amides is 1. The maximum atomic E-state index is 12.5. The van der Waals surface area contributed by atoms with E-state index in [1.807, 2.05) is 18.2 Å². The van der Waals surface area contributed by atoms with Gasteiger partial charge < -0.3 is 14.8 Å². The van der Waals surface area contributed by atoms with E-state index in [2.05, 4.69) is 10.4 Å². The number of ether oxygens (including phenoxy) is 2. The Morgan fingerprint density at radius 1 is 1.19 bits per heavy atom. The highest BCUT2D eigenvalue weighted by atomic mass is 16.7. The van der Waals surface area contributed by atoms with Crippen LogP contribution in [0.5, 0.6) is 11.5 Å². The van der Waals surface area contributed by atoms with Gasteiger partial charge in [-0.25, -0.2) is 4.68 Å². The standard InChI is InChI=1S/C19H21N3O4/c1-12(19(24)20-14-4-2-3-5-14)22-18(23)9-7-15(21-22)13-6-8-16-17(10-13)26-11-25-16/h6-10,12,14H,2-5,11H2,1H3,(H,20,24). The summed E-state index contributed by atoms with van der Waals surface area (Å²) >= 11 is 0. The summed E-state index contributed by atoms with van der Waals surface area (Å²) in [4.78, 5) is 24.8. The Bertz CT molecular complexity index is 887. The molecule has 2 heterocycles. The van der Waals surface area contributed by atoms with Crippen molar-refractivity contribution in [3.63, 3.8) is 0 Å². The zero-order valence-electron chi connectivity index (χ0n) is 14.6. The number of hydrogen-bond donors (Lipinski definition) is 1. The van der Waals surface area contributed by atoms with Crippen LogP contribution >= 0.6 is 0 Å². The van der Waals surface area contributed by atoms with E-state index in [1.54, 1.807) is 13.0 Å². The third kappa shape index (κ3) is 3.16. The second kappa shape index (κ2) is 6.82. The summed E-state index contributed by atoms with van der Waals surface area (Å²) in [6.45, 7) is 1.90. The van der Waals surface area contributed by atoms with Crippen molar-refractivity contribution in [2.24, 2.45) is 0 Å². The monoisotopic (exact) mass is 355 g/mol. The van der Waals surface area contributed by atoms with E-state index in [-0.39, 0.29) is 24.3 Å². The maximum Gasteiger partial charge on any atom is 0.267 e. The Morgan fingerprint density at radius 3 is 2.77 bits per heavy atom. The minimum Gasteiger partial charge on any atom is -0.454 e. The summed E-state index contributed by atoms with van der Waals surface area (Å²) in [5, 5.41) is 7.43. The molecule has 0 spiro atoms. The lowest BCUT2D eigenvalue weighted by Gasteiger charge is -2.18. The fraction of sp³-hybridized carbons (Fsp3) is 0.421. The molecule has 1 aromatic heterocycles. The van der Waals surface area contributed by atoms with Gasteiger partial charge in [0.25, 0.3) is 5.56 Å². The normalized spacial score (nSPS) is 17.3. The largest absolute Gasteiger partial charge is 0.454 e. The van der Waals surface area contributed by atoms with Gasteiger partial charge in [-0.05, 0) is 44.0 Å². The van der Waals surface area contributed by atoms with Gasteiger partial charge in [0.1, 0.15) is 6.04 Å². The van der Waals surface area contributed by atoms with Gasteiger partial charge in [-0.15, -0.1) is 0 Å². The quantitative estimate of drug-likeness (QED) is 0.910. The second-order valence-electron chi connectivity index (χ2n) is 6.74. The molecule has 2 aromatic rings. The predicted octanol–water partition coefficient (Wildman–Crippen LogP) is 2.26. The van der Waals surface area contributed by atoms with Crippen molar-refractivity contribution < 1.29 is 14.3 Å². The smallest absolute Gasteiger partial charge is 0.267 e. The fourth-order valence-corrected chi connectivity index (χ4v) is 3.42. The van der Waals surface area contributed by atoms with Gasteiger partial charge in [-0.3, -0.25) is 9.59 Å². The van der Waals surface area contributed by atoms with Gasteiger partial charge in [0.2, 0.25) is 12.7 Å². The Hall–Kier alpha value is -2.83. The third-order valence-corrected chi connectivity index (χ3v) is 4.94. The molecule has 1 N–H and O–H groups in total. The number of benzene rings is 1. The molecule has 7 heteroatoms. The van der Waals surface area contributed by atoms with Crippen LogP contribution in [-0.4, -0.2) is 28.5 Å². The number of nitrogens with one attached hydrogen (secondary N) is 1.